The van der Waals surface area contributed by atoms with Crippen LogP contribution in [0.2, 0.25) is 0 Å². The molecule has 106 valence electrons. The SMILES string of the molecule is Cc1cc(C#N)cc(N2CCc3ccccc3C2CN)n1. The van der Waals surface area contributed by atoms with Crippen LogP contribution in [0, 0.1) is 18.3 Å². The lowest BCUT2D eigenvalue weighted by Crippen LogP contribution is -2.40. The van der Waals surface area contributed by atoms with E-state index in [9.17, 15) is 0 Å². The maximum atomic E-state index is 9.14. The predicted molar refractivity (Wildman–Crippen MR) is 83.0 cm³/mol. The molecule has 2 N–H and O–H groups in total. The minimum atomic E-state index is 0.121. The summed E-state index contributed by atoms with van der Waals surface area (Å²) in [4.78, 5) is 6.81. The normalized spacial score (nSPS) is 17.2. The van der Waals surface area contributed by atoms with Crippen LogP contribution in [0.5, 0.6) is 0 Å². The Bertz CT molecular complexity index is 702. The first-order chi connectivity index (χ1) is 10.2. The first-order valence-corrected chi connectivity index (χ1v) is 7.16. The molecule has 2 aromatic rings. The van der Waals surface area contributed by atoms with E-state index in [4.69, 9.17) is 11.0 Å². The van der Waals surface area contributed by atoms with Crippen molar-refractivity contribution in [3.8, 4) is 6.07 Å². The summed E-state index contributed by atoms with van der Waals surface area (Å²) in [5.74, 6) is 0.844. The highest BCUT2D eigenvalue weighted by molar-refractivity contribution is 5.51. The van der Waals surface area contributed by atoms with Crippen molar-refractivity contribution in [2.24, 2.45) is 5.73 Å². The van der Waals surface area contributed by atoms with E-state index in [2.05, 4.69) is 40.2 Å². The number of aromatic nitrogens is 1. The lowest BCUT2D eigenvalue weighted by atomic mass is 9.92. The molecule has 0 saturated carbocycles. The molecular weight excluding hydrogens is 260 g/mol. The Morgan fingerprint density at radius 1 is 1.38 bits per heavy atom. The van der Waals surface area contributed by atoms with Crippen LogP contribution in [0.3, 0.4) is 0 Å². The van der Waals surface area contributed by atoms with Crippen molar-refractivity contribution in [1.82, 2.24) is 4.98 Å². The van der Waals surface area contributed by atoms with Gasteiger partial charge in [0.05, 0.1) is 17.7 Å². The van der Waals surface area contributed by atoms with Crippen molar-refractivity contribution in [2.75, 3.05) is 18.0 Å². The van der Waals surface area contributed by atoms with E-state index in [1.165, 1.54) is 11.1 Å². The van der Waals surface area contributed by atoms with E-state index in [1.807, 2.05) is 13.0 Å². The number of benzene rings is 1. The van der Waals surface area contributed by atoms with Crippen LogP contribution in [0.1, 0.15) is 28.4 Å². The molecule has 1 unspecified atom stereocenters. The number of hydrogen-bond acceptors (Lipinski definition) is 4. The Balaban J connectivity index is 2.04. The zero-order chi connectivity index (χ0) is 14.8. The first kappa shape index (κ1) is 13.6. The second-order valence-electron chi connectivity index (χ2n) is 5.36. The second kappa shape index (κ2) is 5.55. The monoisotopic (exact) mass is 278 g/mol. The third kappa shape index (κ3) is 2.48. The van der Waals surface area contributed by atoms with Crippen LogP contribution in [-0.2, 0) is 6.42 Å². The molecule has 1 aromatic carbocycles. The molecule has 1 aliphatic rings. The van der Waals surface area contributed by atoms with Gasteiger partial charge < -0.3 is 10.6 Å². The average molecular weight is 278 g/mol. The molecule has 4 nitrogen and oxygen atoms in total. The van der Waals surface area contributed by atoms with E-state index in [-0.39, 0.29) is 6.04 Å². The van der Waals surface area contributed by atoms with Gasteiger partial charge in [0.25, 0.3) is 0 Å². The smallest absolute Gasteiger partial charge is 0.130 e. The van der Waals surface area contributed by atoms with Gasteiger partial charge in [0.2, 0.25) is 0 Å². The van der Waals surface area contributed by atoms with Gasteiger partial charge in [-0.2, -0.15) is 5.26 Å². The molecule has 1 aliphatic heterocycles. The fourth-order valence-electron chi connectivity index (χ4n) is 3.04. The molecule has 1 aromatic heterocycles. The number of fused-ring (bicyclic) bond motifs is 1. The summed E-state index contributed by atoms with van der Waals surface area (Å²) in [6.45, 7) is 3.33. The summed E-state index contributed by atoms with van der Waals surface area (Å²) in [6, 6.07) is 14.4. The van der Waals surface area contributed by atoms with Gasteiger partial charge >= 0.3 is 0 Å². The third-order valence-electron chi connectivity index (χ3n) is 4.00. The molecule has 3 rings (SSSR count). The fourth-order valence-corrected chi connectivity index (χ4v) is 3.04. The number of nitriles is 1. The molecule has 2 heterocycles. The predicted octanol–water partition coefficient (Wildman–Crippen LogP) is 2.32. The number of rotatable bonds is 2. The zero-order valence-electron chi connectivity index (χ0n) is 12.1. The van der Waals surface area contributed by atoms with E-state index in [0.717, 1.165) is 24.5 Å². The quantitative estimate of drug-likeness (QED) is 0.915. The zero-order valence-corrected chi connectivity index (χ0v) is 12.1. The van der Waals surface area contributed by atoms with Gasteiger partial charge in [0.1, 0.15) is 5.82 Å². The number of aryl methyl sites for hydroxylation is 1. The van der Waals surface area contributed by atoms with Crippen LogP contribution in [0.4, 0.5) is 5.82 Å². The number of pyridine rings is 1. The van der Waals surface area contributed by atoms with E-state index in [1.54, 1.807) is 6.07 Å². The lowest BCUT2D eigenvalue weighted by molar-refractivity contribution is 0.583. The standard InChI is InChI=1S/C17H18N4/c1-12-8-13(10-18)9-17(20-12)21-7-6-14-4-2-3-5-15(14)16(21)11-19/h2-5,8-9,16H,6-7,11,19H2,1H3. The molecule has 0 bridgehead atoms. The highest BCUT2D eigenvalue weighted by Crippen LogP contribution is 2.32. The molecular formula is C17H18N4. The van der Waals surface area contributed by atoms with Crippen LogP contribution in [0.25, 0.3) is 0 Å². The van der Waals surface area contributed by atoms with E-state index < -0.39 is 0 Å². The Kier molecular flexibility index (Phi) is 3.59. The minimum absolute atomic E-state index is 0.121. The van der Waals surface area contributed by atoms with E-state index >= 15 is 0 Å². The highest BCUT2D eigenvalue weighted by atomic mass is 15.2. The third-order valence-corrected chi connectivity index (χ3v) is 4.00. The van der Waals surface area contributed by atoms with Gasteiger partial charge in [-0.05, 0) is 36.6 Å². The van der Waals surface area contributed by atoms with Gasteiger partial charge in [-0.3, -0.25) is 0 Å². The molecule has 1 atom stereocenters. The van der Waals surface area contributed by atoms with Gasteiger partial charge in [0.15, 0.2) is 0 Å². The summed E-state index contributed by atoms with van der Waals surface area (Å²) in [7, 11) is 0. The Morgan fingerprint density at radius 2 is 2.19 bits per heavy atom. The molecule has 0 fully saturated rings. The lowest BCUT2D eigenvalue weighted by Gasteiger charge is -2.37. The summed E-state index contributed by atoms with van der Waals surface area (Å²) in [6.07, 6.45) is 0.976. The van der Waals surface area contributed by atoms with Crippen molar-refractivity contribution in [2.45, 2.75) is 19.4 Å². The Labute approximate surface area is 124 Å². The maximum Gasteiger partial charge on any atom is 0.130 e. The molecule has 0 saturated heterocycles. The Hall–Kier alpha value is -2.38. The van der Waals surface area contributed by atoms with Gasteiger partial charge in [-0.1, -0.05) is 24.3 Å². The van der Waals surface area contributed by atoms with Crippen molar-refractivity contribution >= 4 is 5.82 Å². The summed E-state index contributed by atoms with van der Waals surface area (Å²) in [5.41, 5.74) is 10.2. The second-order valence-corrected chi connectivity index (χ2v) is 5.36. The van der Waals surface area contributed by atoms with Crippen LogP contribution < -0.4 is 10.6 Å². The molecule has 0 radical (unpaired) electrons. The van der Waals surface area contributed by atoms with E-state index in [0.29, 0.717) is 12.1 Å². The summed E-state index contributed by atoms with van der Waals surface area (Å²) >= 11 is 0. The molecule has 0 aliphatic carbocycles. The molecule has 4 heteroatoms. The van der Waals surface area contributed by atoms with Crippen molar-refractivity contribution in [1.29, 1.82) is 5.26 Å². The van der Waals surface area contributed by atoms with Crippen LogP contribution in [0.15, 0.2) is 36.4 Å². The highest BCUT2D eigenvalue weighted by Gasteiger charge is 2.27. The largest absolute Gasteiger partial charge is 0.348 e. The number of nitrogens with two attached hydrogens (primary N) is 1. The van der Waals surface area contributed by atoms with Crippen LogP contribution in [-0.4, -0.2) is 18.1 Å². The minimum Gasteiger partial charge on any atom is -0.348 e. The van der Waals surface area contributed by atoms with Crippen LogP contribution >= 0.6 is 0 Å². The summed E-state index contributed by atoms with van der Waals surface area (Å²) < 4.78 is 0. The number of nitrogens with zero attached hydrogens (tertiary/aromatic N) is 3. The van der Waals surface area contributed by atoms with Crippen molar-refractivity contribution in [3.05, 3.63) is 58.8 Å². The van der Waals surface area contributed by atoms with Crippen molar-refractivity contribution in [3.63, 3.8) is 0 Å². The van der Waals surface area contributed by atoms with Gasteiger partial charge in [-0.25, -0.2) is 4.98 Å². The average Bonchev–Trinajstić information content (AvgIpc) is 2.53. The topological polar surface area (TPSA) is 65.9 Å². The van der Waals surface area contributed by atoms with Crippen molar-refractivity contribution < 1.29 is 0 Å². The molecule has 0 amide bonds. The number of anilines is 1. The molecule has 0 spiro atoms. The Morgan fingerprint density at radius 3 is 2.95 bits per heavy atom. The number of hydrogen-bond donors (Lipinski definition) is 1. The molecule has 21 heavy (non-hydrogen) atoms. The summed E-state index contributed by atoms with van der Waals surface area (Å²) in [5, 5.41) is 9.14. The van der Waals surface area contributed by atoms with Gasteiger partial charge in [-0.15, -0.1) is 0 Å². The fraction of sp³-hybridized carbons (Fsp3) is 0.294. The van der Waals surface area contributed by atoms with Gasteiger partial charge in [0, 0.05) is 18.8 Å². The first-order valence-electron chi connectivity index (χ1n) is 7.16. The maximum absolute atomic E-state index is 9.14.